The molecule has 1 fully saturated rings. The molecular formula is C13H25ClN2O3. The smallest absolute Gasteiger partial charge is 0.320 e. The van der Waals surface area contributed by atoms with Crippen LogP contribution >= 0.6 is 12.4 Å². The Morgan fingerprint density at radius 3 is 2.47 bits per heavy atom. The molecule has 6 heteroatoms. The van der Waals surface area contributed by atoms with Crippen LogP contribution in [0.3, 0.4) is 0 Å². The predicted octanol–water partition coefficient (Wildman–Crippen LogP) is 1.70. The van der Waals surface area contributed by atoms with E-state index < -0.39 is 12.0 Å². The molecule has 1 saturated carbocycles. The molecule has 1 unspecified atom stereocenters. The maximum atomic E-state index is 11.6. The van der Waals surface area contributed by atoms with Crippen molar-refractivity contribution in [2.75, 3.05) is 6.54 Å². The lowest BCUT2D eigenvalue weighted by Crippen LogP contribution is -2.40. The predicted molar refractivity (Wildman–Crippen MR) is 76.6 cm³/mol. The number of hydrogen-bond donors (Lipinski definition) is 3. The number of amides is 1. The lowest BCUT2D eigenvalue weighted by atomic mass is 10.1. The number of carbonyl (C=O) groups excluding carboxylic acids is 1. The average Bonchev–Trinajstić information content (AvgIpc) is 2.80. The number of hydrogen-bond acceptors (Lipinski definition) is 3. The molecule has 0 aromatic carbocycles. The minimum Gasteiger partial charge on any atom is -0.480 e. The molecular weight excluding hydrogens is 268 g/mol. The molecule has 0 bridgehead atoms. The Morgan fingerprint density at radius 1 is 1.32 bits per heavy atom. The standard InChI is InChI=1S/C13H24N2O3.ClH/c1-2-5-11(13(17)18)14-9-8-12(16)15-10-6-3-4-7-10;/h10-11,14H,2-9H2,1H3,(H,15,16)(H,17,18);1H. The van der Waals surface area contributed by atoms with Gasteiger partial charge in [0.15, 0.2) is 0 Å². The molecule has 1 aliphatic carbocycles. The second-order valence-corrected chi connectivity index (χ2v) is 4.93. The van der Waals surface area contributed by atoms with E-state index in [-0.39, 0.29) is 18.3 Å². The summed E-state index contributed by atoms with van der Waals surface area (Å²) >= 11 is 0. The van der Waals surface area contributed by atoms with Crippen LogP contribution in [0.1, 0.15) is 51.9 Å². The number of carbonyl (C=O) groups is 2. The Labute approximate surface area is 120 Å². The van der Waals surface area contributed by atoms with Gasteiger partial charge in [-0.3, -0.25) is 9.59 Å². The van der Waals surface area contributed by atoms with Gasteiger partial charge in [0.1, 0.15) is 6.04 Å². The molecule has 112 valence electrons. The summed E-state index contributed by atoms with van der Waals surface area (Å²) in [7, 11) is 0. The third-order valence-electron chi connectivity index (χ3n) is 3.34. The third kappa shape index (κ3) is 7.38. The van der Waals surface area contributed by atoms with Gasteiger partial charge in [-0.25, -0.2) is 0 Å². The third-order valence-corrected chi connectivity index (χ3v) is 3.34. The van der Waals surface area contributed by atoms with E-state index in [0.717, 1.165) is 19.3 Å². The molecule has 0 spiro atoms. The summed E-state index contributed by atoms with van der Waals surface area (Å²) in [4.78, 5) is 22.5. The van der Waals surface area contributed by atoms with Gasteiger partial charge in [-0.2, -0.15) is 0 Å². The Morgan fingerprint density at radius 2 is 1.95 bits per heavy atom. The Hall–Kier alpha value is -0.810. The fraction of sp³-hybridized carbons (Fsp3) is 0.846. The average molecular weight is 293 g/mol. The van der Waals surface area contributed by atoms with Crippen molar-refractivity contribution < 1.29 is 14.7 Å². The molecule has 1 atom stereocenters. The van der Waals surface area contributed by atoms with E-state index in [1.54, 1.807) is 0 Å². The molecule has 0 aliphatic heterocycles. The monoisotopic (exact) mass is 292 g/mol. The van der Waals surface area contributed by atoms with Gasteiger partial charge >= 0.3 is 5.97 Å². The van der Waals surface area contributed by atoms with Gasteiger partial charge in [0.2, 0.25) is 5.91 Å². The van der Waals surface area contributed by atoms with Gasteiger partial charge in [0.25, 0.3) is 0 Å². The molecule has 0 aromatic heterocycles. The van der Waals surface area contributed by atoms with Gasteiger partial charge < -0.3 is 15.7 Å². The molecule has 5 nitrogen and oxygen atoms in total. The zero-order valence-corrected chi connectivity index (χ0v) is 12.3. The van der Waals surface area contributed by atoms with E-state index >= 15 is 0 Å². The van der Waals surface area contributed by atoms with E-state index in [4.69, 9.17) is 5.11 Å². The van der Waals surface area contributed by atoms with Crippen molar-refractivity contribution in [1.29, 1.82) is 0 Å². The van der Waals surface area contributed by atoms with Crippen LogP contribution in [0.4, 0.5) is 0 Å². The second-order valence-electron chi connectivity index (χ2n) is 4.93. The fourth-order valence-electron chi connectivity index (χ4n) is 2.33. The SMILES string of the molecule is CCCC(NCCC(=O)NC1CCCC1)C(=O)O.Cl. The maximum Gasteiger partial charge on any atom is 0.320 e. The first-order valence-corrected chi connectivity index (χ1v) is 6.89. The van der Waals surface area contributed by atoms with Crippen LogP contribution in [0.5, 0.6) is 0 Å². The number of carboxylic acid groups (broad SMARTS) is 1. The van der Waals surface area contributed by atoms with Gasteiger partial charge in [-0.1, -0.05) is 26.2 Å². The van der Waals surface area contributed by atoms with E-state index in [9.17, 15) is 9.59 Å². The number of carboxylic acids is 1. The summed E-state index contributed by atoms with van der Waals surface area (Å²) < 4.78 is 0. The molecule has 0 saturated heterocycles. The molecule has 3 N–H and O–H groups in total. The van der Waals surface area contributed by atoms with Gasteiger partial charge in [0, 0.05) is 19.0 Å². The number of rotatable bonds is 8. The number of halogens is 1. The van der Waals surface area contributed by atoms with Crippen molar-refractivity contribution in [2.45, 2.75) is 64.0 Å². The molecule has 0 aromatic rings. The van der Waals surface area contributed by atoms with E-state index in [2.05, 4.69) is 10.6 Å². The second kappa shape index (κ2) is 10.0. The summed E-state index contributed by atoms with van der Waals surface area (Å²) in [5.41, 5.74) is 0. The maximum absolute atomic E-state index is 11.6. The van der Waals surface area contributed by atoms with E-state index in [1.807, 2.05) is 6.92 Å². The van der Waals surface area contributed by atoms with Crippen molar-refractivity contribution in [3.05, 3.63) is 0 Å². The van der Waals surface area contributed by atoms with Gasteiger partial charge in [-0.05, 0) is 19.3 Å². The minimum atomic E-state index is -0.840. The number of nitrogens with one attached hydrogen (secondary N) is 2. The minimum absolute atomic E-state index is 0. The largest absolute Gasteiger partial charge is 0.480 e. The van der Waals surface area contributed by atoms with Crippen molar-refractivity contribution in [2.24, 2.45) is 0 Å². The van der Waals surface area contributed by atoms with Crippen LogP contribution in [0, 0.1) is 0 Å². The first-order valence-electron chi connectivity index (χ1n) is 6.89. The normalized spacial score (nSPS) is 16.7. The first-order chi connectivity index (χ1) is 8.63. The Kier molecular flexibility index (Phi) is 9.61. The Balaban J connectivity index is 0.00000324. The van der Waals surface area contributed by atoms with E-state index in [1.165, 1.54) is 12.8 Å². The van der Waals surface area contributed by atoms with Crippen molar-refractivity contribution in [3.8, 4) is 0 Å². The van der Waals surface area contributed by atoms with Crippen molar-refractivity contribution in [3.63, 3.8) is 0 Å². The highest BCUT2D eigenvalue weighted by molar-refractivity contribution is 5.85. The van der Waals surface area contributed by atoms with Crippen LogP contribution in [-0.4, -0.2) is 35.6 Å². The fourth-order valence-corrected chi connectivity index (χ4v) is 2.33. The zero-order valence-electron chi connectivity index (χ0n) is 11.5. The van der Waals surface area contributed by atoms with Crippen molar-refractivity contribution in [1.82, 2.24) is 10.6 Å². The van der Waals surface area contributed by atoms with Gasteiger partial charge in [0.05, 0.1) is 0 Å². The topological polar surface area (TPSA) is 78.4 Å². The van der Waals surface area contributed by atoms with Crippen LogP contribution in [0.15, 0.2) is 0 Å². The zero-order chi connectivity index (χ0) is 13.4. The molecule has 1 rings (SSSR count). The van der Waals surface area contributed by atoms with E-state index in [0.29, 0.717) is 25.4 Å². The van der Waals surface area contributed by atoms with Crippen LogP contribution in [0.25, 0.3) is 0 Å². The molecule has 0 heterocycles. The Bertz CT molecular complexity index is 281. The molecule has 1 amide bonds. The first kappa shape index (κ1) is 18.2. The summed E-state index contributed by atoms with van der Waals surface area (Å²) in [5.74, 6) is -0.817. The lowest BCUT2D eigenvalue weighted by molar-refractivity contribution is -0.139. The summed E-state index contributed by atoms with van der Waals surface area (Å²) in [6.07, 6.45) is 6.31. The van der Waals surface area contributed by atoms with Crippen LogP contribution < -0.4 is 10.6 Å². The van der Waals surface area contributed by atoms with Gasteiger partial charge in [-0.15, -0.1) is 12.4 Å². The molecule has 1 aliphatic rings. The molecule has 19 heavy (non-hydrogen) atoms. The summed E-state index contributed by atoms with van der Waals surface area (Å²) in [5, 5.41) is 14.8. The number of aliphatic carboxylic acids is 1. The van der Waals surface area contributed by atoms with Crippen LogP contribution in [0.2, 0.25) is 0 Å². The van der Waals surface area contributed by atoms with Crippen molar-refractivity contribution >= 4 is 24.3 Å². The quantitative estimate of drug-likeness (QED) is 0.636. The summed E-state index contributed by atoms with van der Waals surface area (Å²) in [6.45, 7) is 2.37. The summed E-state index contributed by atoms with van der Waals surface area (Å²) in [6, 6.07) is -0.197. The molecule has 0 radical (unpaired) electrons. The highest BCUT2D eigenvalue weighted by Gasteiger charge is 2.18. The lowest BCUT2D eigenvalue weighted by Gasteiger charge is -2.15. The van der Waals surface area contributed by atoms with Crippen LogP contribution in [-0.2, 0) is 9.59 Å². The highest BCUT2D eigenvalue weighted by atomic mass is 35.5. The highest BCUT2D eigenvalue weighted by Crippen LogP contribution is 2.17.